The second-order valence-corrected chi connectivity index (χ2v) is 3.34. The molecule has 0 aliphatic carbocycles. The summed E-state index contributed by atoms with van der Waals surface area (Å²) in [5.41, 5.74) is 10.3. The third-order valence-electron chi connectivity index (χ3n) is 2.14. The number of aromatic amines is 1. The van der Waals surface area contributed by atoms with E-state index < -0.39 is 11.7 Å². The smallest absolute Gasteiger partial charge is 0.398 e. The van der Waals surface area contributed by atoms with Gasteiger partial charge in [-0.1, -0.05) is 0 Å². The Morgan fingerprint density at radius 1 is 1.18 bits per heavy atom. The van der Waals surface area contributed by atoms with Gasteiger partial charge in [0.25, 0.3) is 0 Å². The average Bonchev–Trinajstić information content (AvgIpc) is 2.63. The van der Waals surface area contributed by atoms with Crippen molar-refractivity contribution in [2.45, 2.75) is 6.18 Å². The van der Waals surface area contributed by atoms with E-state index >= 15 is 0 Å². The van der Waals surface area contributed by atoms with E-state index in [9.17, 15) is 13.2 Å². The molecule has 1 heterocycles. The monoisotopic (exact) mass is 243 g/mol. The molecule has 0 bridgehead atoms. The lowest BCUT2D eigenvalue weighted by Gasteiger charge is -2.09. The molecule has 17 heavy (non-hydrogen) atoms. The van der Waals surface area contributed by atoms with Crippen LogP contribution in [0.3, 0.4) is 0 Å². The number of aromatic nitrogens is 3. The van der Waals surface area contributed by atoms with Gasteiger partial charge in [0.1, 0.15) is 0 Å². The molecule has 1 aromatic carbocycles. The minimum absolute atomic E-state index is 0.000650. The zero-order valence-corrected chi connectivity index (χ0v) is 8.42. The van der Waals surface area contributed by atoms with Crippen LogP contribution < -0.4 is 11.5 Å². The number of nitrogens with one attached hydrogen (secondary N) is 1. The Morgan fingerprint density at radius 3 is 2.35 bits per heavy atom. The highest BCUT2D eigenvalue weighted by atomic mass is 19.4. The lowest BCUT2D eigenvalue weighted by molar-refractivity contribution is -0.137. The number of anilines is 2. The van der Waals surface area contributed by atoms with Gasteiger partial charge < -0.3 is 11.5 Å². The van der Waals surface area contributed by atoms with Crippen LogP contribution >= 0.6 is 0 Å². The molecule has 0 atom stereocenters. The molecule has 0 amide bonds. The van der Waals surface area contributed by atoms with Crippen LogP contribution in [0.1, 0.15) is 5.56 Å². The quantitative estimate of drug-likeness (QED) is 0.664. The first-order valence-corrected chi connectivity index (χ1v) is 4.53. The molecule has 0 fully saturated rings. The first-order chi connectivity index (χ1) is 7.88. The Labute approximate surface area is 93.6 Å². The van der Waals surface area contributed by atoms with Crippen molar-refractivity contribution < 1.29 is 13.2 Å². The van der Waals surface area contributed by atoms with Crippen molar-refractivity contribution in [2.75, 3.05) is 11.5 Å². The second-order valence-electron chi connectivity index (χ2n) is 3.34. The fourth-order valence-corrected chi connectivity index (χ4v) is 1.35. The standard InChI is InChI=1S/C9H8F3N5/c10-9(11,12)4-1-2-5(6(13)3-4)7-15-8(14)17-16-7/h1-3H,13H2,(H3,14,15,16,17). The molecule has 8 heteroatoms. The van der Waals surface area contributed by atoms with Crippen molar-refractivity contribution in [1.29, 1.82) is 0 Å². The first kappa shape index (κ1) is 11.2. The highest BCUT2D eigenvalue weighted by Gasteiger charge is 2.31. The SMILES string of the molecule is Nc1n[nH]c(-c2ccc(C(F)(F)F)cc2N)n1. The fraction of sp³-hybridized carbons (Fsp3) is 0.111. The highest BCUT2D eigenvalue weighted by molar-refractivity contribution is 5.72. The lowest BCUT2D eigenvalue weighted by Crippen LogP contribution is -2.06. The van der Waals surface area contributed by atoms with Gasteiger partial charge in [-0.25, -0.2) is 0 Å². The first-order valence-electron chi connectivity index (χ1n) is 4.53. The van der Waals surface area contributed by atoms with Crippen molar-refractivity contribution in [3.8, 4) is 11.4 Å². The summed E-state index contributed by atoms with van der Waals surface area (Å²) >= 11 is 0. The van der Waals surface area contributed by atoms with E-state index in [2.05, 4.69) is 15.2 Å². The van der Waals surface area contributed by atoms with Crippen molar-refractivity contribution >= 4 is 11.6 Å². The number of H-pyrrole nitrogens is 1. The molecule has 5 nitrogen and oxygen atoms in total. The van der Waals surface area contributed by atoms with E-state index in [0.29, 0.717) is 5.56 Å². The number of hydrogen-bond donors (Lipinski definition) is 3. The number of benzene rings is 1. The summed E-state index contributed by atoms with van der Waals surface area (Å²) in [5.74, 6) is 0.230. The molecule has 0 unspecified atom stereocenters. The molecule has 90 valence electrons. The largest absolute Gasteiger partial charge is 0.416 e. The molecule has 2 aromatic rings. The van der Waals surface area contributed by atoms with Crippen LogP contribution in [0, 0.1) is 0 Å². The number of rotatable bonds is 1. The number of nitrogens with zero attached hydrogens (tertiary/aromatic N) is 2. The van der Waals surface area contributed by atoms with Gasteiger partial charge >= 0.3 is 6.18 Å². The second kappa shape index (κ2) is 3.65. The van der Waals surface area contributed by atoms with Crippen LogP contribution in [0.5, 0.6) is 0 Å². The predicted octanol–water partition coefficient (Wildman–Crippen LogP) is 1.65. The maximum Gasteiger partial charge on any atom is 0.416 e. The molecular weight excluding hydrogens is 235 g/mol. The molecule has 0 radical (unpaired) electrons. The molecule has 0 saturated heterocycles. The summed E-state index contributed by atoms with van der Waals surface area (Å²) in [7, 11) is 0. The van der Waals surface area contributed by atoms with Crippen LogP contribution in [0.2, 0.25) is 0 Å². The maximum atomic E-state index is 12.4. The van der Waals surface area contributed by atoms with Crippen molar-refractivity contribution in [3.63, 3.8) is 0 Å². The molecule has 0 spiro atoms. The zero-order valence-electron chi connectivity index (χ0n) is 8.42. The molecule has 0 saturated carbocycles. The Bertz CT molecular complexity index is 546. The molecule has 2 rings (SSSR count). The van der Waals surface area contributed by atoms with E-state index in [1.807, 2.05) is 0 Å². The summed E-state index contributed by atoms with van der Waals surface area (Å²) in [6.45, 7) is 0. The van der Waals surface area contributed by atoms with Crippen LogP contribution in [0.4, 0.5) is 24.8 Å². The maximum absolute atomic E-state index is 12.4. The summed E-state index contributed by atoms with van der Waals surface area (Å²) in [6, 6.07) is 2.98. The molecule has 5 N–H and O–H groups in total. The zero-order chi connectivity index (χ0) is 12.6. The van der Waals surface area contributed by atoms with Gasteiger partial charge in [-0.15, -0.1) is 5.10 Å². The summed E-state index contributed by atoms with van der Waals surface area (Å²) in [4.78, 5) is 3.78. The lowest BCUT2D eigenvalue weighted by atomic mass is 10.1. The van der Waals surface area contributed by atoms with E-state index in [4.69, 9.17) is 11.5 Å². The van der Waals surface area contributed by atoms with E-state index in [1.165, 1.54) is 6.07 Å². The molecule has 0 aliphatic heterocycles. The number of nitrogen functional groups attached to an aromatic ring is 2. The van der Waals surface area contributed by atoms with Crippen LogP contribution in [-0.4, -0.2) is 15.2 Å². The Hall–Kier alpha value is -2.25. The average molecular weight is 243 g/mol. The summed E-state index contributed by atoms with van der Waals surface area (Å²) < 4.78 is 37.2. The highest BCUT2D eigenvalue weighted by Crippen LogP contribution is 2.33. The normalized spacial score (nSPS) is 11.7. The van der Waals surface area contributed by atoms with Crippen molar-refractivity contribution in [3.05, 3.63) is 23.8 Å². The molecule has 0 aliphatic rings. The predicted molar refractivity (Wildman–Crippen MR) is 55.6 cm³/mol. The van der Waals surface area contributed by atoms with E-state index in [0.717, 1.165) is 12.1 Å². The Balaban J connectivity index is 2.45. The molecule has 1 aromatic heterocycles. The van der Waals surface area contributed by atoms with Crippen LogP contribution in [-0.2, 0) is 6.18 Å². The van der Waals surface area contributed by atoms with Crippen LogP contribution in [0.25, 0.3) is 11.4 Å². The van der Waals surface area contributed by atoms with Crippen molar-refractivity contribution in [1.82, 2.24) is 15.2 Å². The van der Waals surface area contributed by atoms with Crippen molar-refractivity contribution in [2.24, 2.45) is 0 Å². The van der Waals surface area contributed by atoms with Gasteiger partial charge in [0.2, 0.25) is 5.95 Å². The molecular formula is C9H8F3N5. The number of hydrogen-bond acceptors (Lipinski definition) is 4. The van der Waals surface area contributed by atoms with Gasteiger partial charge in [-0.05, 0) is 18.2 Å². The van der Waals surface area contributed by atoms with Gasteiger partial charge in [0.15, 0.2) is 5.82 Å². The van der Waals surface area contributed by atoms with Gasteiger partial charge in [0.05, 0.1) is 5.56 Å². The third-order valence-corrected chi connectivity index (χ3v) is 2.14. The fourth-order valence-electron chi connectivity index (χ4n) is 1.35. The number of alkyl halides is 3. The minimum atomic E-state index is -4.42. The third kappa shape index (κ3) is 2.14. The topological polar surface area (TPSA) is 93.6 Å². The number of halogens is 3. The minimum Gasteiger partial charge on any atom is -0.398 e. The van der Waals surface area contributed by atoms with E-state index in [-0.39, 0.29) is 17.5 Å². The summed E-state index contributed by atoms with van der Waals surface area (Å²) in [6.07, 6.45) is -4.42. The van der Waals surface area contributed by atoms with E-state index in [1.54, 1.807) is 0 Å². The Kier molecular flexibility index (Phi) is 2.41. The Morgan fingerprint density at radius 2 is 1.88 bits per heavy atom. The van der Waals surface area contributed by atoms with Gasteiger partial charge in [-0.2, -0.15) is 18.2 Å². The summed E-state index contributed by atoms with van der Waals surface area (Å²) in [5, 5.41) is 6.04. The van der Waals surface area contributed by atoms with Crippen LogP contribution in [0.15, 0.2) is 18.2 Å². The number of nitrogens with two attached hydrogens (primary N) is 2. The van der Waals surface area contributed by atoms with Gasteiger partial charge in [-0.3, -0.25) is 5.10 Å². The van der Waals surface area contributed by atoms with Gasteiger partial charge in [0, 0.05) is 11.3 Å².